The van der Waals surface area contributed by atoms with E-state index in [1.54, 1.807) is 18.4 Å². The number of carbonyl (C=O) groups is 1. The molecule has 1 N–H and O–H groups in total. The Kier molecular flexibility index (Phi) is 9.45. The zero-order valence-electron chi connectivity index (χ0n) is 13.4. The molecule has 0 spiro atoms. The first kappa shape index (κ1) is 20.7. The average molecular weight is 516 g/mol. The summed E-state index contributed by atoms with van der Waals surface area (Å²) in [6, 6.07) is 4.22. The summed E-state index contributed by atoms with van der Waals surface area (Å²) >= 11 is 5.24. The van der Waals surface area contributed by atoms with Crippen molar-refractivity contribution in [2.75, 3.05) is 33.8 Å². The largest absolute Gasteiger partial charge is 0.469 e. The third kappa shape index (κ3) is 6.22. The Morgan fingerprint density at radius 1 is 1.48 bits per heavy atom. The second-order valence-electron chi connectivity index (χ2n) is 5.21. The highest BCUT2D eigenvalue weighted by atomic mass is 127. The lowest BCUT2D eigenvalue weighted by atomic mass is 9.97. The number of methoxy groups -OCH3 is 1. The van der Waals surface area contributed by atoms with E-state index in [1.165, 1.54) is 12.0 Å². The second-order valence-corrected chi connectivity index (χ2v) is 7.76. The van der Waals surface area contributed by atoms with Crippen molar-refractivity contribution in [1.82, 2.24) is 10.2 Å². The van der Waals surface area contributed by atoms with Crippen molar-refractivity contribution in [3.63, 3.8) is 0 Å². The fourth-order valence-electron chi connectivity index (χ4n) is 2.61. The summed E-state index contributed by atoms with van der Waals surface area (Å²) in [6.07, 6.45) is 2.63. The van der Waals surface area contributed by atoms with Gasteiger partial charge in [-0.15, -0.1) is 35.3 Å². The van der Waals surface area contributed by atoms with Crippen molar-refractivity contribution in [2.24, 2.45) is 10.9 Å². The fraction of sp³-hybridized carbons (Fsp3) is 0.600. The number of rotatable bonds is 4. The van der Waals surface area contributed by atoms with Crippen LogP contribution < -0.4 is 5.32 Å². The standard InChI is InChI=1S/C15H22BrN3O2S.HI/c1-17-15(18-8-5-12-3-4-13(16)22-12)19-9-6-11(7-10-19)14(20)21-2;/h3-4,11H,5-10H2,1-2H3,(H,17,18);1H. The average Bonchev–Trinajstić information content (AvgIpc) is 2.96. The van der Waals surface area contributed by atoms with Crippen molar-refractivity contribution in [3.8, 4) is 0 Å². The lowest BCUT2D eigenvalue weighted by molar-refractivity contribution is -0.146. The Morgan fingerprint density at radius 3 is 2.70 bits per heavy atom. The van der Waals surface area contributed by atoms with Crippen molar-refractivity contribution in [2.45, 2.75) is 19.3 Å². The van der Waals surface area contributed by atoms with Crippen LogP contribution in [0.1, 0.15) is 17.7 Å². The van der Waals surface area contributed by atoms with Gasteiger partial charge in [-0.3, -0.25) is 9.79 Å². The number of likely N-dealkylation sites (tertiary alicyclic amines) is 1. The molecule has 23 heavy (non-hydrogen) atoms. The number of carbonyl (C=O) groups excluding carboxylic acids is 1. The van der Waals surface area contributed by atoms with E-state index in [4.69, 9.17) is 4.74 Å². The number of guanidine groups is 1. The monoisotopic (exact) mass is 515 g/mol. The molecule has 0 aromatic carbocycles. The molecule has 0 amide bonds. The molecule has 0 saturated carbocycles. The SMILES string of the molecule is CN=C(NCCc1ccc(Br)s1)N1CCC(C(=O)OC)CC1.I. The van der Waals surface area contributed by atoms with E-state index in [2.05, 4.69) is 43.3 Å². The van der Waals surface area contributed by atoms with Gasteiger partial charge in [0.15, 0.2) is 5.96 Å². The van der Waals surface area contributed by atoms with Crippen LogP contribution in [-0.2, 0) is 16.0 Å². The van der Waals surface area contributed by atoms with E-state index in [9.17, 15) is 4.79 Å². The molecule has 0 aliphatic carbocycles. The number of nitrogens with zero attached hydrogens (tertiary/aromatic N) is 2. The van der Waals surface area contributed by atoms with Crippen molar-refractivity contribution in [1.29, 1.82) is 0 Å². The number of ether oxygens (including phenoxy) is 1. The molecule has 2 heterocycles. The molecule has 1 aromatic rings. The molecule has 0 atom stereocenters. The predicted molar refractivity (Wildman–Crippen MR) is 109 cm³/mol. The summed E-state index contributed by atoms with van der Waals surface area (Å²) in [4.78, 5) is 19.5. The number of halogens is 2. The number of esters is 1. The fourth-order valence-corrected chi connectivity index (χ4v) is 4.09. The maximum Gasteiger partial charge on any atom is 0.308 e. The summed E-state index contributed by atoms with van der Waals surface area (Å²) in [6.45, 7) is 2.53. The van der Waals surface area contributed by atoms with Gasteiger partial charge >= 0.3 is 5.97 Å². The van der Waals surface area contributed by atoms with E-state index >= 15 is 0 Å². The van der Waals surface area contributed by atoms with Crippen LogP contribution in [0.4, 0.5) is 0 Å². The van der Waals surface area contributed by atoms with E-state index in [0.29, 0.717) is 0 Å². The highest BCUT2D eigenvalue weighted by Crippen LogP contribution is 2.22. The zero-order valence-corrected chi connectivity index (χ0v) is 18.1. The zero-order chi connectivity index (χ0) is 15.9. The molecular weight excluding hydrogens is 493 g/mol. The Morgan fingerprint density at radius 2 is 2.17 bits per heavy atom. The lowest BCUT2D eigenvalue weighted by Gasteiger charge is -2.33. The van der Waals surface area contributed by atoms with Crippen molar-refractivity contribution < 1.29 is 9.53 Å². The maximum absolute atomic E-state index is 11.6. The van der Waals surface area contributed by atoms with Crippen molar-refractivity contribution >= 4 is 63.2 Å². The third-order valence-corrected chi connectivity index (χ3v) is 5.51. The van der Waals surface area contributed by atoms with E-state index in [1.807, 2.05) is 0 Å². The van der Waals surface area contributed by atoms with Crippen LogP contribution in [0.2, 0.25) is 0 Å². The summed E-state index contributed by atoms with van der Waals surface area (Å²) in [5, 5.41) is 3.41. The highest BCUT2D eigenvalue weighted by molar-refractivity contribution is 14.0. The Hall–Kier alpha value is -0.350. The van der Waals surface area contributed by atoms with Crippen LogP contribution in [0.25, 0.3) is 0 Å². The summed E-state index contributed by atoms with van der Waals surface area (Å²) in [5.41, 5.74) is 0. The first-order chi connectivity index (χ1) is 10.6. The second kappa shape index (κ2) is 10.5. The molecule has 130 valence electrons. The number of hydrogen-bond donors (Lipinski definition) is 1. The normalized spacial score (nSPS) is 16.0. The van der Waals surface area contributed by atoms with Gasteiger partial charge in [0.1, 0.15) is 0 Å². The predicted octanol–water partition coefficient (Wildman–Crippen LogP) is 3.13. The molecule has 8 heteroatoms. The quantitative estimate of drug-likeness (QED) is 0.290. The number of aliphatic imine (C=N–C) groups is 1. The third-order valence-electron chi connectivity index (χ3n) is 3.82. The van der Waals surface area contributed by atoms with Gasteiger partial charge in [-0.1, -0.05) is 0 Å². The van der Waals surface area contributed by atoms with Gasteiger partial charge < -0.3 is 15.0 Å². The van der Waals surface area contributed by atoms with Crippen molar-refractivity contribution in [3.05, 3.63) is 20.8 Å². The van der Waals surface area contributed by atoms with Gasteiger partial charge in [0.2, 0.25) is 0 Å². The van der Waals surface area contributed by atoms with E-state index in [0.717, 1.165) is 48.6 Å². The van der Waals surface area contributed by atoms with Gasteiger partial charge in [0.25, 0.3) is 0 Å². The van der Waals surface area contributed by atoms with Crippen LogP contribution in [0.5, 0.6) is 0 Å². The molecule has 1 fully saturated rings. The number of piperidine rings is 1. The molecule has 0 bridgehead atoms. The molecule has 0 radical (unpaired) electrons. The van der Waals surface area contributed by atoms with Gasteiger partial charge in [-0.2, -0.15) is 0 Å². The Bertz CT molecular complexity index is 531. The number of hydrogen-bond acceptors (Lipinski definition) is 4. The molecule has 0 unspecified atom stereocenters. The van der Waals surface area contributed by atoms with Gasteiger partial charge in [-0.05, 0) is 47.3 Å². The highest BCUT2D eigenvalue weighted by Gasteiger charge is 2.26. The van der Waals surface area contributed by atoms with Crippen LogP contribution in [0, 0.1) is 5.92 Å². The molecule has 1 aliphatic heterocycles. The summed E-state index contributed by atoms with van der Waals surface area (Å²) < 4.78 is 5.99. The maximum atomic E-state index is 11.6. The smallest absolute Gasteiger partial charge is 0.308 e. The Balaban J connectivity index is 0.00000264. The molecule has 1 saturated heterocycles. The van der Waals surface area contributed by atoms with Gasteiger partial charge in [0.05, 0.1) is 16.8 Å². The molecular formula is C15H23BrIN3O2S. The molecule has 1 aliphatic rings. The minimum absolute atomic E-state index is 0. The van der Waals surface area contributed by atoms with Gasteiger partial charge in [0, 0.05) is 31.6 Å². The number of nitrogens with one attached hydrogen (secondary N) is 1. The van der Waals surface area contributed by atoms with E-state index in [-0.39, 0.29) is 35.9 Å². The summed E-state index contributed by atoms with van der Waals surface area (Å²) in [5.74, 6) is 0.854. The topological polar surface area (TPSA) is 53.9 Å². The minimum atomic E-state index is -0.0918. The molecule has 2 rings (SSSR count). The first-order valence-electron chi connectivity index (χ1n) is 7.41. The Labute approximate surface area is 167 Å². The van der Waals surface area contributed by atoms with Crippen LogP contribution in [-0.4, -0.2) is 50.6 Å². The number of thiophene rings is 1. The molecule has 1 aromatic heterocycles. The minimum Gasteiger partial charge on any atom is -0.469 e. The van der Waals surface area contributed by atoms with Crippen LogP contribution in [0.3, 0.4) is 0 Å². The van der Waals surface area contributed by atoms with Crippen LogP contribution in [0.15, 0.2) is 20.9 Å². The van der Waals surface area contributed by atoms with Gasteiger partial charge in [-0.25, -0.2) is 0 Å². The lowest BCUT2D eigenvalue weighted by Crippen LogP contribution is -2.47. The van der Waals surface area contributed by atoms with E-state index < -0.39 is 0 Å². The van der Waals surface area contributed by atoms with Crippen LogP contribution >= 0.6 is 51.2 Å². The summed E-state index contributed by atoms with van der Waals surface area (Å²) in [7, 11) is 3.26. The molecule has 5 nitrogen and oxygen atoms in total. The first-order valence-corrected chi connectivity index (χ1v) is 9.02.